The van der Waals surface area contributed by atoms with Crippen molar-refractivity contribution in [1.29, 1.82) is 0 Å². The van der Waals surface area contributed by atoms with Crippen LogP contribution in [-0.4, -0.2) is 52.3 Å². The highest BCUT2D eigenvalue weighted by Gasteiger charge is 2.25. The van der Waals surface area contributed by atoms with E-state index in [-0.39, 0.29) is 25.0 Å². The lowest BCUT2D eigenvalue weighted by Crippen LogP contribution is -2.48. The second-order valence-corrected chi connectivity index (χ2v) is 10.8. The van der Waals surface area contributed by atoms with Crippen molar-refractivity contribution in [3.8, 4) is 11.5 Å². The van der Waals surface area contributed by atoms with Gasteiger partial charge in [-0.1, -0.05) is 12.1 Å². The third-order valence-electron chi connectivity index (χ3n) is 5.22. The number of nitrogens with one attached hydrogen (secondary N) is 2. The lowest BCUT2D eigenvalue weighted by Gasteiger charge is -2.27. The monoisotopic (exact) mass is 501 g/mol. The Balaban J connectivity index is 1.67. The quantitative estimate of drug-likeness (QED) is 0.575. The van der Waals surface area contributed by atoms with Gasteiger partial charge >= 0.3 is 0 Å². The van der Waals surface area contributed by atoms with Crippen molar-refractivity contribution in [3.63, 3.8) is 0 Å². The summed E-state index contributed by atoms with van der Waals surface area (Å²) in [7, 11) is -1.78. The molecule has 0 saturated carbocycles. The summed E-state index contributed by atoms with van der Waals surface area (Å²) >= 11 is 0. The molecule has 1 aliphatic heterocycles. The number of amides is 3. The lowest BCUT2D eigenvalue weighted by atomic mass is 10.1. The summed E-state index contributed by atoms with van der Waals surface area (Å²) in [5, 5.41) is 5.50. The average molecular weight is 502 g/mol. The molecule has 0 spiro atoms. The topological polar surface area (TPSA) is 114 Å². The van der Waals surface area contributed by atoms with E-state index in [4.69, 9.17) is 9.47 Å². The van der Waals surface area contributed by atoms with E-state index in [2.05, 4.69) is 10.6 Å². The fourth-order valence-electron chi connectivity index (χ4n) is 3.52. The Kier molecular flexibility index (Phi) is 8.16. The molecule has 3 amide bonds. The van der Waals surface area contributed by atoms with Gasteiger partial charge in [0.05, 0.1) is 0 Å². The number of rotatable bonds is 8. The first-order valence-corrected chi connectivity index (χ1v) is 12.6. The summed E-state index contributed by atoms with van der Waals surface area (Å²) < 4.78 is 23.2. The molecule has 0 saturated heterocycles. The highest BCUT2D eigenvalue weighted by atomic mass is 32.2. The van der Waals surface area contributed by atoms with Gasteiger partial charge in [0.1, 0.15) is 18.1 Å². The molecule has 0 aliphatic carbocycles. The minimum Gasteiger partial charge on any atom is -0.454 e. The Hall–Kier alpha value is -3.40. The molecule has 0 fully saturated rings. The van der Waals surface area contributed by atoms with Crippen LogP contribution >= 0.6 is 0 Å². The molecular weight excluding hydrogens is 470 g/mol. The zero-order valence-corrected chi connectivity index (χ0v) is 21.4. The number of carbonyl (C=O) groups is 3. The summed E-state index contributed by atoms with van der Waals surface area (Å²) in [5.41, 5.74) is 2.37. The van der Waals surface area contributed by atoms with E-state index in [1.807, 2.05) is 40.7 Å². The summed E-state index contributed by atoms with van der Waals surface area (Å²) in [6, 6.07) is 10.4. The SMILES string of the molecule is Cc1cccc(N(CC(=O)NC(C)(C)C)C(=O)CS(=O)CC(=O)Nc2ccc3c(c2)OCO3)c1C. The van der Waals surface area contributed by atoms with Gasteiger partial charge in [-0.15, -0.1) is 0 Å². The molecule has 2 aromatic carbocycles. The van der Waals surface area contributed by atoms with Crippen LogP contribution in [-0.2, 0) is 25.2 Å². The first-order chi connectivity index (χ1) is 16.4. The number of aryl methyl sites for hydroxylation is 1. The standard InChI is InChI=1S/C25H31N3O6S/c1-16-7-6-8-19(17(16)2)28(12-22(29)27-25(3,4)5)24(31)14-35(32)13-23(30)26-18-9-10-20-21(11-18)34-15-33-20/h6-11H,12-15H2,1-5H3,(H,26,30)(H,27,29). The Bertz CT molecular complexity index is 1160. The number of carbonyl (C=O) groups excluding carboxylic acids is 3. The third kappa shape index (κ3) is 7.29. The van der Waals surface area contributed by atoms with E-state index in [0.29, 0.717) is 22.9 Å². The summed E-state index contributed by atoms with van der Waals surface area (Å²) in [5.74, 6) is -1.01. The van der Waals surface area contributed by atoms with Crippen molar-refractivity contribution in [2.45, 2.75) is 40.2 Å². The molecule has 1 heterocycles. The van der Waals surface area contributed by atoms with Gasteiger partial charge in [0.25, 0.3) is 0 Å². The molecule has 0 bridgehead atoms. The molecule has 35 heavy (non-hydrogen) atoms. The van der Waals surface area contributed by atoms with Gasteiger partial charge in [-0.2, -0.15) is 0 Å². The largest absolute Gasteiger partial charge is 0.454 e. The second kappa shape index (κ2) is 10.9. The maximum absolute atomic E-state index is 13.2. The van der Waals surface area contributed by atoms with Crippen LogP contribution in [0.2, 0.25) is 0 Å². The number of ether oxygens (including phenoxy) is 2. The van der Waals surface area contributed by atoms with Crippen molar-refractivity contribution in [2.24, 2.45) is 0 Å². The van der Waals surface area contributed by atoms with Crippen molar-refractivity contribution in [2.75, 3.05) is 35.1 Å². The average Bonchev–Trinajstić information content (AvgIpc) is 3.20. The van der Waals surface area contributed by atoms with Gasteiger partial charge in [0, 0.05) is 33.8 Å². The summed E-state index contributed by atoms with van der Waals surface area (Å²) in [6.45, 7) is 9.22. The summed E-state index contributed by atoms with van der Waals surface area (Å²) in [6.07, 6.45) is 0. The molecule has 1 atom stereocenters. The minimum absolute atomic E-state index is 0.115. The van der Waals surface area contributed by atoms with Crippen molar-refractivity contribution >= 4 is 39.9 Å². The molecular formula is C25H31N3O6S. The van der Waals surface area contributed by atoms with Crippen LogP contribution in [0.5, 0.6) is 11.5 Å². The van der Waals surface area contributed by atoms with Gasteiger partial charge in [0.2, 0.25) is 24.5 Å². The van der Waals surface area contributed by atoms with Crippen molar-refractivity contribution in [1.82, 2.24) is 5.32 Å². The lowest BCUT2D eigenvalue weighted by molar-refractivity contribution is -0.124. The smallest absolute Gasteiger partial charge is 0.240 e. The highest BCUT2D eigenvalue weighted by Crippen LogP contribution is 2.34. The molecule has 2 aromatic rings. The maximum Gasteiger partial charge on any atom is 0.240 e. The molecule has 9 nitrogen and oxygen atoms in total. The molecule has 2 N–H and O–H groups in total. The van der Waals surface area contributed by atoms with Crippen LogP contribution < -0.4 is 25.0 Å². The number of hydrogen-bond acceptors (Lipinski definition) is 6. The fourth-order valence-corrected chi connectivity index (χ4v) is 4.42. The number of anilines is 2. The van der Waals surface area contributed by atoms with Crippen LogP contribution in [0.25, 0.3) is 0 Å². The molecule has 1 unspecified atom stereocenters. The maximum atomic E-state index is 13.2. The molecule has 3 rings (SSSR count). The molecule has 0 radical (unpaired) electrons. The predicted octanol–water partition coefficient (Wildman–Crippen LogP) is 2.67. The van der Waals surface area contributed by atoms with Crippen LogP contribution in [0.15, 0.2) is 36.4 Å². The Morgan fingerprint density at radius 2 is 1.71 bits per heavy atom. The number of fused-ring (bicyclic) bond motifs is 1. The number of hydrogen-bond donors (Lipinski definition) is 2. The van der Waals surface area contributed by atoms with Crippen LogP contribution in [0, 0.1) is 13.8 Å². The van der Waals surface area contributed by atoms with E-state index in [1.54, 1.807) is 30.3 Å². The van der Waals surface area contributed by atoms with Crippen LogP contribution in [0.4, 0.5) is 11.4 Å². The molecule has 10 heteroatoms. The van der Waals surface area contributed by atoms with Crippen molar-refractivity contribution in [3.05, 3.63) is 47.5 Å². The Labute approximate surface area is 207 Å². The van der Waals surface area contributed by atoms with Crippen molar-refractivity contribution < 1.29 is 28.1 Å². The van der Waals surface area contributed by atoms with E-state index in [0.717, 1.165) is 11.1 Å². The number of nitrogens with zero attached hydrogens (tertiary/aromatic N) is 1. The molecule has 0 aromatic heterocycles. The van der Waals surface area contributed by atoms with E-state index in [9.17, 15) is 18.6 Å². The summed E-state index contributed by atoms with van der Waals surface area (Å²) in [4.78, 5) is 39.5. The molecule has 188 valence electrons. The van der Waals surface area contributed by atoms with Crippen LogP contribution in [0.3, 0.4) is 0 Å². The first kappa shape index (κ1) is 26.2. The van der Waals surface area contributed by atoms with Gasteiger partial charge < -0.3 is 25.0 Å². The van der Waals surface area contributed by atoms with E-state index >= 15 is 0 Å². The number of benzene rings is 2. The fraction of sp³-hybridized carbons (Fsp3) is 0.400. The third-order valence-corrected chi connectivity index (χ3v) is 6.37. The van der Waals surface area contributed by atoms with E-state index in [1.165, 1.54) is 4.90 Å². The second-order valence-electron chi connectivity index (χ2n) is 9.34. The molecule has 1 aliphatic rings. The van der Waals surface area contributed by atoms with E-state index < -0.39 is 33.9 Å². The minimum atomic E-state index is -1.78. The van der Waals surface area contributed by atoms with Gasteiger partial charge in [0.15, 0.2) is 11.5 Å². The zero-order valence-electron chi connectivity index (χ0n) is 20.6. The normalized spacial score (nSPS) is 13.2. The zero-order chi connectivity index (χ0) is 25.8. The highest BCUT2D eigenvalue weighted by molar-refractivity contribution is 7.86. The first-order valence-electron chi connectivity index (χ1n) is 11.1. The van der Waals surface area contributed by atoms with Gasteiger partial charge in [-0.3, -0.25) is 18.6 Å². The van der Waals surface area contributed by atoms with Gasteiger partial charge in [-0.25, -0.2) is 0 Å². The Morgan fingerprint density at radius 3 is 2.43 bits per heavy atom. The van der Waals surface area contributed by atoms with Gasteiger partial charge in [-0.05, 0) is 63.9 Å². The predicted molar refractivity (Wildman–Crippen MR) is 135 cm³/mol. The van der Waals surface area contributed by atoms with Crippen LogP contribution in [0.1, 0.15) is 31.9 Å². The Morgan fingerprint density at radius 1 is 1.00 bits per heavy atom.